The van der Waals surface area contributed by atoms with E-state index in [4.69, 9.17) is 33.4 Å². The van der Waals surface area contributed by atoms with Crippen molar-refractivity contribution in [2.75, 3.05) is 10.6 Å². The van der Waals surface area contributed by atoms with E-state index in [1.807, 2.05) is 50.4 Å². The number of ketones is 1. The van der Waals surface area contributed by atoms with Gasteiger partial charge in [0, 0.05) is 24.4 Å². The SMILES string of the molecule is CC(C)=O.CCC(=O)Nc1ccccc1Nc1ncc(CC)c(C)n1.CCc1ccccc1.Cc1c(Cl)c(O)cc(O)c1Cl. The Morgan fingerprint density at radius 2 is 1.34 bits per heavy atom. The summed E-state index contributed by atoms with van der Waals surface area (Å²) in [5.74, 6) is 0.350. The summed E-state index contributed by atoms with van der Waals surface area (Å²) in [5.41, 5.74) is 5.49. The summed E-state index contributed by atoms with van der Waals surface area (Å²) in [7, 11) is 0. The highest BCUT2D eigenvalue weighted by Gasteiger charge is 2.10. The number of hydrogen-bond acceptors (Lipinski definition) is 7. The summed E-state index contributed by atoms with van der Waals surface area (Å²) in [5, 5.41) is 24.5. The fourth-order valence-electron chi connectivity index (χ4n) is 3.41. The number of halogens is 2. The van der Waals surface area contributed by atoms with Crippen molar-refractivity contribution in [1.29, 1.82) is 0 Å². The van der Waals surface area contributed by atoms with Gasteiger partial charge in [-0.1, -0.05) is 86.4 Å². The van der Waals surface area contributed by atoms with E-state index < -0.39 is 0 Å². The van der Waals surface area contributed by atoms with Crippen molar-refractivity contribution in [3.63, 3.8) is 0 Å². The lowest BCUT2D eigenvalue weighted by Gasteiger charge is -2.12. The average Bonchev–Trinajstić information content (AvgIpc) is 3.01. The molecule has 10 heteroatoms. The van der Waals surface area contributed by atoms with Crippen molar-refractivity contribution in [2.45, 2.75) is 67.7 Å². The molecule has 44 heavy (non-hydrogen) atoms. The van der Waals surface area contributed by atoms with Gasteiger partial charge in [0.1, 0.15) is 17.3 Å². The van der Waals surface area contributed by atoms with Crippen LogP contribution in [-0.4, -0.2) is 31.9 Å². The molecule has 4 rings (SSSR count). The van der Waals surface area contributed by atoms with Gasteiger partial charge in [-0.3, -0.25) is 4.79 Å². The zero-order valence-corrected chi connectivity index (χ0v) is 27.8. The summed E-state index contributed by atoms with van der Waals surface area (Å²) in [6, 6.07) is 19.1. The maximum absolute atomic E-state index is 11.6. The molecule has 1 amide bonds. The molecule has 0 unspecified atom stereocenters. The van der Waals surface area contributed by atoms with E-state index in [1.54, 1.807) is 6.92 Å². The van der Waals surface area contributed by atoms with E-state index in [0.717, 1.165) is 41.5 Å². The Bertz CT molecular complexity index is 1470. The van der Waals surface area contributed by atoms with Crippen LogP contribution >= 0.6 is 23.2 Å². The first-order chi connectivity index (χ1) is 20.8. The normalized spacial score (nSPS) is 9.66. The van der Waals surface area contributed by atoms with Gasteiger partial charge in [0.15, 0.2) is 0 Å². The topological polar surface area (TPSA) is 124 Å². The highest BCUT2D eigenvalue weighted by atomic mass is 35.5. The zero-order valence-electron chi connectivity index (χ0n) is 26.3. The smallest absolute Gasteiger partial charge is 0.227 e. The highest BCUT2D eigenvalue weighted by Crippen LogP contribution is 2.38. The molecule has 0 saturated heterocycles. The van der Waals surface area contributed by atoms with Crippen LogP contribution in [0.1, 0.15) is 63.4 Å². The standard InChI is InChI=1S/C16H20N4O.C8H10.C7H6Cl2O2.C3H6O/c1-4-12-10-17-16(18-11(12)3)20-14-9-7-6-8-13(14)19-15(21)5-2;1-2-8-6-4-3-5-7-8;1-3-6(8)4(10)2-5(11)7(3)9;1-3(2)4/h6-10H,4-5H2,1-3H3,(H,19,21)(H,17,18,20);3-7H,2H2,1H3;2,10-11H,1H3;1-2H3. The van der Waals surface area contributed by atoms with Crippen LogP contribution in [0.3, 0.4) is 0 Å². The largest absolute Gasteiger partial charge is 0.506 e. The van der Waals surface area contributed by atoms with Gasteiger partial charge in [0.25, 0.3) is 0 Å². The van der Waals surface area contributed by atoms with Crippen LogP contribution in [0.4, 0.5) is 17.3 Å². The molecule has 0 spiro atoms. The number of para-hydroxylation sites is 2. The predicted molar refractivity (Wildman–Crippen MR) is 181 cm³/mol. The second-order valence-electron chi connectivity index (χ2n) is 9.65. The van der Waals surface area contributed by atoms with Gasteiger partial charge in [-0.2, -0.15) is 0 Å². The van der Waals surface area contributed by atoms with E-state index in [1.165, 1.54) is 19.4 Å². The maximum Gasteiger partial charge on any atom is 0.227 e. The van der Waals surface area contributed by atoms with Crippen LogP contribution in [0.25, 0.3) is 0 Å². The first kappa shape index (κ1) is 37.9. The minimum atomic E-state index is -0.161. The molecule has 236 valence electrons. The molecule has 0 bridgehead atoms. The molecule has 0 aliphatic carbocycles. The Kier molecular flexibility index (Phi) is 17.2. The number of carbonyl (C=O) groups is 2. The van der Waals surface area contributed by atoms with Gasteiger partial charge in [0.2, 0.25) is 11.9 Å². The molecule has 4 aromatic rings. The summed E-state index contributed by atoms with van der Waals surface area (Å²) in [4.78, 5) is 29.8. The Balaban J connectivity index is 0.000000349. The van der Waals surface area contributed by atoms with Crippen LogP contribution in [0.2, 0.25) is 10.0 Å². The number of Topliss-reactive ketones (excluding diaryl/α,β-unsaturated/α-hetero) is 1. The molecule has 0 atom stereocenters. The Labute approximate surface area is 270 Å². The summed E-state index contributed by atoms with van der Waals surface area (Å²) >= 11 is 11.2. The number of nitrogens with one attached hydrogen (secondary N) is 2. The van der Waals surface area contributed by atoms with Crippen molar-refractivity contribution in [3.05, 3.63) is 99.3 Å². The quantitative estimate of drug-likeness (QED) is 0.166. The first-order valence-corrected chi connectivity index (χ1v) is 15.0. The number of carbonyl (C=O) groups excluding carboxylic acids is 2. The number of aryl methyl sites for hydroxylation is 3. The zero-order chi connectivity index (χ0) is 33.2. The number of aromatic nitrogens is 2. The molecule has 8 nitrogen and oxygen atoms in total. The second kappa shape index (κ2) is 19.9. The van der Waals surface area contributed by atoms with Gasteiger partial charge in [-0.05, 0) is 69.4 Å². The molecule has 0 fully saturated rings. The third-order valence-electron chi connectivity index (χ3n) is 5.86. The molecular formula is C34H42Cl2N4O4. The fourth-order valence-corrected chi connectivity index (χ4v) is 3.76. The molecule has 1 heterocycles. The lowest BCUT2D eigenvalue weighted by molar-refractivity contribution is -0.116. The van der Waals surface area contributed by atoms with Crippen molar-refractivity contribution in [1.82, 2.24) is 9.97 Å². The first-order valence-electron chi connectivity index (χ1n) is 14.2. The van der Waals surface area contributed by atoms with Crippen LogP contribution in [0.5, 0.6) is 11.5 Å². The van der Waals surface area contributed by atoms with Gasteiger partial charge >= 0.3 is 0 Å². The van der Waals surface area contributed by atoms with Gasteiger partial charge in [0.05, 0.1) is 21.4 Å². The maximum atomic E-state index is 11.6. The second-order valence-corrected chi connectivity index (χ2v) is 10.4. The number of hydrogen-bond donors (Lipinski definition) is 4. The number of phenols is 2. The molecule has 0 saturated carbocycles. The van der Waals surface area contributed by atoms with E-state index in [0.29, 0.717) is 17.9 Å². The van der Waals surface area contributed by atoms with Crippen molar-refractivity contribution < 1.29 is 19.8 Å². The molecule has 4 N–H and O–H groups in total. The Morgan fingerprint density at radius 1 is 0.818 bits per heavy atom. The Hall–Kier alpha value is -4.14. The van der Waals surface area contributed by atoms with Gasteiger partial charge in [-0.25, -0.2) is 9.97 Å². The van der Waals surface area contributed by atoms with Gasteiger partial charge < -0.3 is 25.6 Å². The number of anilines is 3. The summed E-state index contributed by atoms with van der Waals surface area (Å²) < 4.78 is 0. The van der Waals surface area contributed by atoms with Crippen LogP contribution in [0.15, 0.2) is 66.9 Å². The van der Waals surface area contributed by atoms with Crippen LogP contribution in [0, 0.1) is 13.8 Å². The molecule has 0 radical (unpaired) electrons. The third-order valence-corrected chi connectivity index (χ3v) is 6.82. The average molecular weight is 642 g/mol. The molecule has 1 aromatic heterocycles. The third kappa shape index (κ3) is 13.4. The summed E-state index contributed by atoms with van der Waals surface area (Å²) in [6.45, 7) is 12.7. The van der Waals surface area contributed by atoms with Crippen molar-refractivity contribution >= 4 is 52.2 Å². The number of amides is 1. The van der Waals surface area contributed by atoms with E-state index >= 15 is 0 Å². The lowest BCUT2D eigenvalue weighted by Crippen LogP contribution is -2.11. The summed E-state index contributed by atoms with van der Waals surface area (Å²) in [6.07, 6.45) is 4.32. The lowest BCUT2D eigenvalue weighted by atomic mass is 10.2. The number of phenolic OH excluding ortho intramolecular Hbond substituents is 2. The molecule has 0 aliphatic rings. The van der Waals surface area contributed by atoms with Crippen LogP contribution in [-0.2, 0) is 22.4 Å². The van der Waals surface area contributed by atoms with E-state index in [-0.39, 0.29) is 33.2 Å². The van der Waals surface area contributed by atoms with Crippen LogP contribution < -0.4 is 10.6 Å². The highest BCUT2D eigenvalue weighted by molar-refractivity contribution is 6.37. The number of benzene rings is 3. The Morgan fingerprint density at radius 3 is 1.80 bits per heavy atom. The minimum absolute atomic E-state index is 0.0253. The number of aromatic hydroxyl groups is 2. The van der Waals surface area contributed by atoms with Gasteiger partial charge in [-0.15, -0.1) is 0 Å². The predicted octanol–water partition coefficient (Wildman–Crippen LogP) is 9.00. The monoisotopic (exact) mass is 640 g/mol. The number of nitrogens with zero attached hydrogens (tertiary/aromatic N) is 2. The van der Waals surface area contributed by atoms with E-state index in [2.05, 4.69) is 58.7 Å². The minimum Gasteiger partial charge on any atom is -0.506 e. The number of rotatable bonds is 6. The molecule has 0 aliphatic heterocycles. The fraction of sp³-hybridized carbons (Fsp3) is 0.294. The van der Waals surface area contributed by atoms with Crippen molar-refractivity contribution in [3.8, 4) is 11.5 Å². The molecule has 3 aromatic carbocycles. The van der Waals surface area contributed by atoms with Crippen molar-refractivity contribution in [2.24, 2.45) is 0 Å². The van der Waals surface area contributed by atoms with E-state index in [9.17, 15) is 9.59 Å². The molecular weight excluding hydrogens is 599 g/mol.